The molecule has 0 aliphatic carbocycles. The highest BCUT2D eigenvalue weighted by Gasteiger charge is 2.26. The van der Waals surface area contributed by atoms with Crippen LogP contribution in [0.3, 0.4) is 0 Å². The molecule has 0 aliphatic heterocycles. The molecule has 0 bridgehead atoms. The standard InChI is InChI=1S/C27H25BrN2O6/c1-29-26(31)24-23(15-11-19(28)25(36-5)22(12-15)35-4)17-13-20(33-2)21(34-3)14-18(17)27(32)30(24)16-9-7-6-8-10-16/h6-14H,1-5H3,(H,29,31). The Morgan fingerprint density at radius 1 is 0.833 bits per heavy atom. The van der Waals surface area contributed by atoms with E-state index in [0.717, 1.165) is 0 Å². The molecule has 4 rings (SSSR count). The highest BCUT2D eigenvalue weighted by molar-refractivity contribution is 9.10. The van der Waals surface area contributed by atoms with E-state index in [2.05, 4.69) is 21.2 Å². The lowest BCUT2D eigenvalue weighted by Gasteiger charge is -2.21. The molecule has 0 aliphatic rings. The zero-order valence-corrected chi connectivity index (χ0v) is 22.1. The number of amides is 1. The lowest BCUT2D eigenvalue weighted by molar-refractivity contribution is 0.0956. The number of rotatable bonds is 7. The van der Waals surface area contributed by atoms with Crippen LogP contribution >= 0.6 is 15.9 Å². The molecule has 0 saturated carbocycles. The van der Waals surface area contributed by atoms with E-state index in [1.54, 1.807) is 49.6 Å². The summed E-state index contributed by atoms with van der Waals surface area (Å²) in [5.74, 6) is 1.34. The van der Waals surface area contributed by atoms with Gasteiger partial charge >= 0.3 is 0 Å². The van der Waals surface area contributed by atoms with Gasteiger partial charge < -0.3 is 24.3 Å². The van der Waals surface area contributed by atoms with Crippen LogP contribution in [0.2, 0.25) is 0 Å². The van der Waals surface area contributed by atoms with Crippen LogP contribution in [-0.2, 0) is 0 Å². The van der Waals surface area contributed by atoms with E-state index in [1.807, 2.05) is 12.1 Å². The molecule has 0 spiro atoms. The zero-order chi connectivity index (χ0) is 26.0. The first-order valence-electron chi connectivity index (χ1n) is 10.9. The third-order valence-electron chi connectivity index (χ3n) is 5.87. The molecule has 1 aromatic heterocycles. The van der Waals surface area contributed by atoms with E-state index < -0.39 is 5.91 Å². The summed E-state index contributed by atoms with van der Waals surface area (Å²) in [6, 6.07) is 15.9. The molecule has 0 fully saturated rings. The van der Waals surface area contributed by atoms with Gasteiger partial charge in [0.1, 0.15) is 5.69 Å². The maximum Gasteiger partial charge on any atom is 0.268 e. The number of ether oxygens (including phenoxy) is 4. The molecule has 1 amide bonds. The largest absolute Gasteiger partial charge is 0.493 e. The molecule has 0 radical (unpaired) electrons. The first-order chi connectivity index (χ1) is 17.4. The Kier molecular flexibility index (Phi) is 7.21. The van der Waals surface area contributed by atoms with Gasteiger partial charge in [0.2, 0.25) is 0 Å². The third kappa shape index (κ3) is 4.15. The van der Waals surface area contributed by atoms with Gasteiger partial charge in [-0.25, -0.2) is 0 Å². The lowest BCUT2D eigenvalue weighted by Crippen LogP contribution is -2.31. The van der Waals surface area contributed by atoms with Crippen LogP contribution in [0.25, 0.3) is 27.6 Å². The van der Waals surface area contributed by atoms with Crippen LogP contribution in [0, 0.1) is 0 Å². The summed E-state index contributed by atoms with van der Waals surface area (Å²) >= 11 is 3.55. The Morgan fingerprint density at radius 3 is 2.00 bits per heavy atom. The Bertz CT molecular complexity index is 1520. The van der Waals surface area contributed by atoms with Crippen molar-refractivity contribution in [3.05, 3.63) is 75.1 Å². The number of fused-ring (bicyclic) bond motifs is 1. The van der Waals surface area contributed by atoms with Crippen molar-refractivity contribution in [2.24, 2.45) is 0 Å². The monoisotopic (exact) mass is 552 g/mol. The van der Waals surface area contributed by atoms with Crippen molar-refractivity contribution in [3.8, 4) is 39.8 Å². The summed E-state index contributed by atoms with van der Waals surface area (Å²) in [5, 5.41) is 3.56. The maximum atomic E-state index is 13.9. The summed E-state index contributed by atoms with van der Waals surface area (Å²) in [6.07, 6.45) is 0. The molecule has 36 heavy (non-hydrogen) atoms. The predicted octanol–water partition coefficient (Wildman–Crippen LogP) is 4.81. The fraction of sp³-hybridized carbons (Fsp3) is 0.185. The van der Waals surface area contributed by atoms with Gasteiger partial charge in [0.25, 0.3) is 11.5 Å². The van der Waals surface area contributed by atoms with Crippen molar-refractivity contribution < 1.29 is 23.7 Å². The number of aromatic nitrogens is 1. The number of methoxy groups -OCH3 is 4. The average Bonchev–Trinajstić information content (AvgIpc) is 2.91. The Balaban J connectivity index is 2.29. The summed E-state index contributed by atoms with van der Waals surface area (Å²) in [6.45, 7) is 0. The van der Waals surface area contributed by atoms with Gasteiger partial charge in [0.05, 0.1) is 38.3 Å². The fourth-order valence-corrected chi connectivity index (χ4v) is 4.84. The molecular formula is C27H25BrN2O6. The van der Waals surface area contributed by atoms with Gasteiger partial charge in [-0.2, -0.15) is 0 Å². The van der Waals surface area contributed by atoms with Crippen molar-refractivity contribution in [2.75, 3.05) is 35.5 Å². The van der Waals surface area contributed by atoms with Gasteiger partial charge in [0, 0.05) is 23.7 Å². The number of carbonyl (C=O) groups is 1. The second-order valence-electron chi connectivity index (χ2n) is 7.73. The second kappa shape index (κ2) is 10.3. The number of halogens is 1. The summed E-state index contributed by atoms with van der Waals surface area (Å²) in [7, 11) is 7.62. The number of hydrogen-bond donors (Lipinski definition) is 1. The highest BCUT2D eigenvalue weighted by atomic mass is 79.9. The Hall–Kier alpha value is -3.98. The molecule has 0 atom stereocenters. The first kappa shape index (κ1) is 25.1. The molecule has 8 nitrogen and oxygen atoms in total. The molecule has 9 heteroatoms. The average molecular weight is 553 g/mol. The van der Waals surface area contributed by atoms with E-state index in [9.17, 15) is 9.59 Å². The number of nitrogens with zero attached hydrogens (tertiary/aromatic N) is 1. The van der Waals surface area contributed by atoms with Gasteiger partial charge in [-0.3, -0.25) is 14.2 Å². The Morgan fingerprint density at radius 2 is 1.44 bits per heavy atom. The van der Waals surface area contributed by atoms with Crippen molar-refractivity contribution in [1.82, 2.24) is 9.88 Å². The number of hydrogen-bond acceptors (Lipinski definition) is 6. The lowest BCUT2D eigenvalue weighted by atomic mass is 9.95. The summed E-state index contributed by atoms with van der Waals surface area (Å²) < 4.78 is 24.1. The minimum atomic E-state index is -0.437. The summed E-state index contributed by atoms with van der Waals surface area (Å²) in [4.78, 5) is 27.4. The predicted molar refractivity (Wildman–Crippen MR) is 142 cm³/mol. The minimum absolute atomic E-state index is 0.160. The van der Waals surface area contributed by atoms with Gasteiger partial charge in [-0.15, -0.1) is 0 Å². The van der Waals surface area contributed by atoms with Crippen LogP contribution in [0.15, 0.2) is 63.9 Å². The van der Waals surface area contributed by atoms with Gasteiger partial charge in [0.15, 0.2) is 23.0 Å². The second-order valence-corrected chi connectivity index (χ2v) is 8.58. The minimum Gasteiger partial charge on any atom is -0.493 e. The van der Waals surface area contributed by atoms with Crippen molar-refractivity contribution >= 4 is 32.6 Å². The van der Waals surface area contributed by atoms with Crippen molar-refractivity contribution in [1.29, 1.82) is 0 Å². The molecule has 0 saturated heterocycles. The van der Waals surface area contributed by atoms with E-state index in [1.165, 1.54) is 32.9 Å². The highest BCUT2D eigenvalue weighted by Crippen LogP contribution is 2.43. The Labute approximate surface area is 216 Å². The zero-order valence-electron chi connectivity index (χ0n) is 20.5. The van der Waals surface area contributed by atoms with Crippen molar-refractivity contribution in [2.45, 2.75) is 0 Å². The fourth-order valence-electron chi connectivity index (χ4n) is 4.24. The molecular weight excluding hydrogens is 528 g/mol. The smallest absolute Gasteiger partial charge is 0.268 e. The summed E-state index contributed by atoms with van der Waals surface area (Å²) in [5.41, 5.74) is 1.46. The number of para-hydroxylation sites is 1. The molecule has 1 heterocycles. The normalized spacial score (nSPS) is 10.7. The third-order valence-corrected chi connectivity index (χ3v) is 6.45. The first-order valence-corrected chi connectivity index (χ1v) is 11.7. The van der Waals surface area contributed by atoms with Crippen LogP contribution in [0.4, 0.5) is 0 Å². The molecule has 186 valence electrons. The topological polar surface area (TPSA) is 88.0 Å². The quantitative estimate of drug-likeness (QED) is 0.354. The van der Waals surface area contributed by atoms with E-state index in [-0.39, 0.29) is 11.3 Å². The van der Waals surface area contributed by atoms with Crippen molar-refractivity contribution in [3.63, 3.8) is 0 Å². The van der Waals surface area contributed by atoms with Crippen LogP contribution in [-0.4, -0.2) is 46.0 Å². The molecule has 3 aromatic carbocycles. The maximum absolute atomic E-state index is 13.9. The van der Waals surface area contributed by atoms with Crippen LogP contribution in [0.1, 0.15) is 10.5 Å². The van der Waals surface area contributed by atoms with E-state index in [0.29, 0.717) is 55.1 Å². The molecule has 4 aromatic rings. The van der Waals surface area contributed by atoms with E-state index in [4.69, 9.17) is 18.9 Å². The number of pyridine rings is 1. The molecule has 1 N–H and O–H groups in total. The van der Waals surface area contributed by atoms with Crippen LogP contribution in [0.5, 0.6) is 23.0 Å². The number of carbonyl (C=O) groups excluding carboxylic acids is 1. The van der Waals surface area contributed by atoms with E-state index >= 15 is 0 Å². The van der Waals surface area contributed by atoms with Gasteiger partial charge in [-0.1, -0.05) is 18.2 Å². The SMILES string of the molecule is CNC(=O)c1c(-c2cc(Br)c(OC)c(OC)c2)c2cc(OC)c(OC)cc2c(=O)n1-c1ccccc1. The number of nitrogens with one attached hydrogen (secondary N) is 1. The number of benzene rings is 3. The molecule has 0 unspecified atom stereocenters. The van der Waals surface area contributed by atoms with Gasteiger partial charge in [-0.05, 0) is 57.9 Å². The van der Waals surface area contributed by atoms with Crippen LogP contribution < -0.4 is 29.8 Å².